The quantitative estimate of drug-likeness (QED) is 0.601. The van der Waals surface area contributed by atoms with E-state index in [0.29, 0.717) is 19.4 Å². The topological polar surface area (TPSA) is 21.3 Å². The van der Waals surface area contributed by atoms with Crippen molar-refractivity contribution in [1.29, 1.82) is 0 Å². The molecule has 0 radical (unpaired) electrons. The first-order chi connectivity index (χ1) is 5.22. The van der Waals surface area contributed by atoms with E-state index in [9.17, 15) is 8.78 Å². The van der Waals surface area contributed by atoms with Crippen LogP contribution in [-0.2, 0) is 4.74 Å². The van der Waals surface area contributed by atoms with Crippen LogP contribution in [0.4, 0.5) is 8.78 Å². The molecular formula is C7H15F2NO. The van der Waals surface area contributed by atoms with Crippen molar-refractivity contribution in [1.82, 2.24) is 5.32 Å². The van der Waals surface area contributed by atoms with Gasteiger partial charge in [-0.25, -0.2) is 8.78 Å². The average molecular weight is 167 g/mol. The standard InChI is InChI=1S/C7H15F2NO/c1-10-6(7(8)9)4-3-5-11-2/h6-7,10H,3-5H2,1-2H3. The van der Waals surface area contributed by atoms with E-state index in [1.807, 2.05) is 0 Å². The number of methoxy groups -OCH3 is 1. The lowest BCUT2D eigenvalue weighted by Gasteiger charge is -2.13. The third-order valence-corrected chi connectivity index (χ3v) is 1.54. The molecule has 0 fully saturated rings. The van der Waals surface area contributed by atoms with Gasteiger partial charge in [0, 0.05) is 13.7 Å². The van der Waals surface area contributed by atoms with Crippen LogP contribution in [0.1, 0.15) is 12.8 Å². The van der Waals surface area contributed by atoms with Crippen molar-refractivity contribution in [3.8, 4) is 0 Å². The van der Waals surface area contributed by atoms with Crippen molar-refractivity contribution >= 4 is 0 Å². The predicted molar refractivity (Wildman–Crippen MR) is 40.0 cm³/mol. The van der Waals surface area contributed by atoms with Crippen LogP contribution in [0.3, 0.4) is 0 Å². The molecule has 0 bridgehead atoms. The summed E-state index contributed by atoms with van der Waals surface area (Å²) in [6, 6.07) is -0.690. The van der Waals surface area contributed by atoms with E-state index in [1.54, 1.807) is 14.2 Å². The van der Waals surface area contributed by atoms with E-state index >= 15 is 0 Å². The molecule has 0 aliphatic carbocycles. The van der Waals surface area contributed by atoms with Gasteiger partial charge >= 0.3 is 0 Å². The van der Waals surface area contributed by atoms with E-state index in [2.05, 4.69) is 5.32 Å². The Labute approximate surface area is 65.9 Å². The van der Waals surface area contributed by atoms with Crippen molar-refractivity contribution in [2.24, 2.45) is 0 Å². The maximum Gasteiger partial charge on any atom is 0.253 e. The Bertz CT molecular complexity index is 90.5. The van der Waals surface area contributed by atoms with Gasteiger partial charge in [-0.1, -0.05) is 0 Å². The van der Waals surface area contributed by atoms with Gasteiger partial charge in [-0.15, -0.1) is 0 Å². The van der Waals surface area contributed by atoms with Gasteiger partial charge in [-0.3, -0.25) is 0 Å². The van der Waals surface area contributed by atoms with Crippen molar-refractivity contribution in [2.75, 3.05) is 20.8 Å². The van der Waals surface area contributed by atoms with Crippen LogP contribution in [-0.4, -0.2) is 33.2 Å². The zero-order valence-corrected chi connectivity index (χ0v) is 6.94. The zero-order chi connectivity index (χ0) is 8.69. The number of halogens is 2. The first kappa shape index (κ1) is 10.8. The van der Waals surface area contributed by atoms with E-state index in [-0.39, 0.29) is 0 Å². The fraction of sp³-hybridized carbons (Fsp3) is 1.00. The summed E-state index contributed by atoms with van der Waals surface area (Å²) in [5.41, 5.74) is 0. The lowest BCUT2D eigenvalue weighted by Crippen LogP contribution is -2.32. The monoisotopic (exact) mass is 167 g/mol. The van der Waals surface area contributed by atoms with Gasteiger partial charge in [0.25, 0.3) is 6.43 Å². The molecule has 0 saturated heterocycles. The molecule has 68 valence electrons. The molecule has 0 aromatic carbocycles. The molecule has 11 heavy (non-hydrogen) atoms. The largest absolute Gasteiger partial charge is 0.385 e. The van der Waals surface area contributed by atoms with E-state index in [0.717, 1.165) is 0 Å². The summed E-state index contributed by atoms with van der Waals surface area (Å²) in [5, 5.41) is 2.55. The van der Waals surface area contributed by atoms with Crippen LogP contribution in [0.15, 0.2) is 0 Å². The van der Waals surface area contributed by atoms with Gasteiger partial charge < -0.3 is 10.1 Å². The van der Waals surface area contributed by atoms with E-state index in [1.165, 1.54) is 0 Å². The molecule has 1 atom stereocenters. The highest BCUT2D eigenvalue weighted by atomic mass is 19.3. The van der Waals surface area contributed by atoms with Gasteiger partial charge in [0.15, 0.2) is 0 Å². The third-order valence-electron chi connectivity index (χ3n) is 1.54. The summed E-state index contributed by atoms with van der Waals surface area (Å²) >= 11 is 0. The van der Waals surface area contributed by atoms with Crippen LogP contribution >= 0.6 is 0 Å². The third kappa shape index (κ3) is 5.09. The van der Waals surface area contributed by atoms with Crippen LogP contribution in [0, 0.1) is 0 Å². The second kappa shape index (κ2) is 6.49. The fourth-order valence-corrected chi connectivity index (χ4v) is 0.844. The summed E-state index contributed by atoms with van der Waals surface area (Å²) in [6.07, 6.45) is -1.15. The van der Waals surface area contributed by atoms with Crippen LogP contribution in [0.2, 0.25) is 0 Å². The number of rotatable bonds is 6. The Balaban J connectivity index is 3.36. The van der Waals surface area contributed by atoms with Gasteiger partial charge in [0.2, 0.25) is 0 Å². The molecule has 4 heteroatoms. The highest BCUT2D eigenvalue weighted by Crippen LogP contribution is 2.06. The minimum atomic E-state index is -2.28. The lowest BCUT2D eigenvalue weighted by atomic mass is 10.2. The summed E-state index contributed by atoms with van der Waals surface area (Å²) in [5.74, 6) is 0. The number of hydrogen-bond donors (Lipinski definition) is 1. The maximum atomic E-state index is 12.0. The second-order valence-electron chi connectivity index (χ2n) is 2.36. The minimum Gasteiger partial charge on any atom is -0.385 e. The molecule has 1 N–H and O–H groups in total. The fourth-order valence-electron chi connectivity index (χ4n) is 0.844. The smallest absolute Gasteiger partial charge is 0.253 e. The lowest BCUT2D eigenvalue weighted by molar-refractivity contribution is 0.0909. The Morgan fingerprint density at radius 2 is 2.09 bits per heavy atom. The van der Waals surface area contributed by atoms with Crippen molar-refractivity contribution in [3.05, 3.63) is 0 Å². The molecule has 0 aromatic rings. The van der Waals surface area contributed by atoms with Crippen molar-refractivity contribution in [3.63, 3.8) is 0 Å². The average Bonchev–Trinajstić information content (AvgIpc) is 1.97. The number of alkyl halides is 2. The van der Waals surface area contributed by atoms with Crippen molar-refractivity contribution in [2.45, 2.75) is 25.3 Å². The minimum absolute atomic E-state index is 0.460. The number of hydrogen-bond acceptors (Lipinski definition) is 2. The predicted octanol–water partition coefficient (Wildman–Crippen LogP) is 1.27. The Morgan fingerprint density at radius 3 is 2.45 bits per heavy atom. The summed E-state index contributed by atoms with van der Waals surface area (Å²) in [4.78, 5) is 0. The second-order valence-corrected chi connectivity index (χ2v) is 2.36. The molecule has 2 nitrogen and oxygen atoms in total. The normalized spacial score (nSPS) is 13.9. The molecular weight excluding hydrogens is 152 g/mol. The molecule has 0 saturated carbocycles. The Kier molecular flexibility index (Phi) is 6.36. The highest BCUT2D eigenvalue weighted by molar-refractivity contribution is 4.66. The van der Waals surface area contributed by atoms with E-state index < -0.39 is 12.5 Å². The Hall–Kier alpha value is -0.220. The van der Waals surface area contributed by atoms with E-state index in [4.69, 9.17) is 4.74 Å². The van der Waals surface area contributed by atoms with Gasteiger partial charge in [0.05, 0.1) is 6.04 Å². The molecule has 1 unspecified atom stereocenters. The summed E-state index contributed by atoms with van der Waals surface area (Å²) in [7, 11) is 3.11. The van der Waals surface area contributed by atoms with Crippen LogP contribution < -0.4 is 5.32 Å². The molecule has 0 aromatic heterocycles. The molecule has 0 amide bonds. The zero-order valence-electron chi connectivity index (χ0n) is 6.94. The molecule has 0 spiro atoms. The summed E-state index contributed by atoms with van der Waals surface area (Å²) < 4.78 is 28.8. The molecule has 0 rings (SSSR count). The summed E-state index contributed by atoms with van der Waals surface area (Å²) in [6.45, 7) is 0.547. The molecule has 0 aliphatic heterocycles. The Morgan fingerprint density at radius 1 is 1.45 bits per heavy atom. The van der Waals surface area contributed by atoms with Crippen LogP contribution in [0.25, 0.3) is 0 Å². The van der Waals surface area contributed by atoms with Gasteiger partial charge in [0.1, 0.15) is 0 Å². The maximum absolute atomic E-state index is 12.0. The number of ether oxygens (including phenoxy) is 1. The van der Waals surface area contributed by atoms with Crippen LogP contribution in [0.5, 0.6) is 0 Å². The first-order valence-electron chi connectivity index (χ1n) is 3.66. The van der Waals surface area contributed by atoms with Crippen molar-refractivity contribution < 1.29 is 13.5 Å². The highest BCUT2D eigenvalue weighted by Gasteiger charge is 2.16. The van der Waals surface area contributed by atoms with Gasteiger partial charge in [-0.05, 0) is 19.9 Å². The number of nitrogens with one attached hydrogen (secondary N) is 1. The molecule has 0 heterocycles. The first-order valence-corrected chi connectivity index (χ1v) is 3.66. The van der Waals surface area contributed by atoms with Gasteiger partial charge in [-0.2, -0.15) is 0 Å². The SMILES string of the molecule is CNC(CCCOC)C(F)F. The molecule has 0 aliphatic rings.